The number of piperazine rings is 1. The van der Waals surface area contributed by atoms with Gasteiger partial charge in [0.2, 0.25) is 5.91 Å². The average Bonchev–Trinajstić information content (AvgIpc) is 2.46. The normalized spacial score (nSPS) is 29.8. The zero-order valence-electron chi connectivity index (χ0n) is 13.3. The summed E-state index contributed by atoms with van der Waals surface area (Å²) in [6, 6.07) is 0. The molecule has 0 N–H and O–H groups in total. The highest BCUT2D eigenvalue weighted by atomic mass is 16.2. The minimum absolute atomic E-state index is 0.277. The topological polar surface area (TPSA) is 23.6 Å². The number of likely N-dealkylation sites (N-methyl/N-ethyl adjacent to an activating group) is 1. The molecule has 20 heavy (non-hydrogen) atoms. The Morgan fingerprint density at radius 3 is 1.55 bits per heavy atom. The van der Waals surface area contributed by atoms with E-state index in [1.165, 1.54) is 64.2 Å². The summed E-state index contributed by atoms with van der Waals surface area (Å²) in [5.41, 5.74) is 0.555. The van der Waals surface area contributed by atoms with E-state index in [1.807, 2.05) is 0 Å². The number of carbonyl (C=O) groups is 1. The molecule has 0 atom stereocenters. The summed E-state index contributed by atoms with van der Waals surface area (Å²) < 4.78 is 0. The smallest absolute Gasteiger partial charge is 0.219 e. The van der Waals surface area contributed by atoms with Crippen LogP contribution in [0.15, 0.2) is 0 Å². The number of carbonyl (C=O) groups excluding carboxylic acids is 1. The van der Waals surface area contributed by atoms with Gasteiger partial charge in [-0.2, -0.15) is 0 Å². The summed E-state index contributed by atoms with van der Waals surface area (Å²) in [6.45, 7) is 3.71. The van der Waals surface area contributed by atoms with Crippen LogP contribution < -0.4 is 0 Å². The lowest BCUT2D eigenvalue weighted by Gasteiger charge is -2.62. The Kier molecular flexibility index (Phi) is 3.83. The van der Waals surface area contributed by atoms with E-state index in [-0.39, 0.29) is 17.0 Å². The second-order valence-corrected chi connectivity index (χ2v) is 7.50. The molecular weight excluding hydrogens is 248 g/mol. The van der Waals surface area contributed by atoms with Crippen molar-refractivity contribution in [1.82, 2.24) is 9.80 Å². The lowest BCUT2D eigenvalue weighted by Crippen LogP contribution is -2.72. The molecule has 3 rings (SSSR count). The number of amides is 1. The Balaban J connectivity index is 1.91. The molecule has 1 saturated heterocycles. The Morgan fingerprint density at radius 2 is 1.20 bits per heavy atom. The van der Waals surface area contributed by atoms with E-state index in [0.29, 0.717) is 0 Å². The molecule has 3 heteroatoms. The van der Waals surface area contributed by atoms with Gasteiger partial charge in [0.1, 0.15) is 0 Å². The van der Waals surface area contributed by atoms with Crippen molar-refractivity contribution in [2.24, 2.45) is 0 Å². The summed E-state index contributed by atoms with van der Waals surface area (Å²) in [5.74, 6) is 0.285. The second-order valence-electron chi connectivity index (χ2n) is 7.50. The number of nitrogens with zero attached hydrogens (tertiary/aromatic N) is 2. The zero-order chi connectivity index (χ0) is 14.2. The summed E-state index contributed by atoms with van der Waals surface area (Å²) in [7, 11) is 2.37. The van der Waals surface area contributed by atoms with Crippen LogP contribution in [0.4, 0.5) is 0 Å². The van der Waals surface area contributed by atoms with Gasteiger partial charge in [-0.15, -0.1) is 0 Å². The highest BCUT2D eigenvalue weighted by molar-refractivity contribution is 5.73. The van der Waals surface area contributed by atoms with E-state index in [4.69, 9.17) is 0 Å². The molecule has 1 amide bonds. The van der Waals surface area contributed by atoms with Gasteiger partial charge in [-0.25, -0.2) is 0 Å². The summed E-state index contributed by atoms with van der Waals surface area (Å²) in [5, 5.41) is 0. The van der Waals surface area contributed by atoms with E-state index in [9.17, 15) is 4.79 Å². The maximum Gasteiger partial charge on any atom is 0.219 e. The largest absolute Gasteiger partial charge is 0.339 e. The average molecular weight is 278 g/mol. The first-order valence-corrected chi connectivity index (χ1v) is 8.58. The summed E-state index contributed by atoms with van der Waals surface area (Å²) in [6.07, 6.45) is 13.3. The van der Waals surface area contributed by atoms with Crippen molar-refractivity contribution in [3.63, 3.8) is 0 Å². The van der Waals surface area contributed by atoms with Crippen LogP contribution in [0.5, 0.6) is 0 Å². The molecule has 2 saturated carbocycles. The fourth-order valence-electron chi connectivity index (χ4n) is 5.11. The van der Waals surface area contributed by atoms with Crippen molar-refractivity contribution in [2.75, 3.05) is 20.1 Å². The molecule has 0 bridgehead atoms. The summed E-state index contributed by atoms with van der Waals surface area (Å²) in [4.78, 5) is 17.0. The summed E-state index contributed by atoms with van der Waals surface area (Å²) >= 11 is 0. The third kappa shape index (κ3) is 2.28. The van der Waals surface area contributed by atoms with Crippen LogP contribution in [0.25, 0.3) is 0 Å². The van der Waals surface area contributed by atoms with E-state index in [1.54, 1.807) is 6.92 Å². The lowest BCUT2D eigenvalue weighted by atomic mass is 9.70. The molecule has 0 aromatic carbocycles. The molecular formula is C17H30N2O. The Labute approximate surface area is 123 Å². The van der Waals surface area contributed by atoms with Crippen LogP contribution >= 0.6 is 0 Å². The number of hydrogen-bond donors (Lipinski definition) is 0. The van der Waals surface area contributed by atoms with Crippen LogP contribution in [-0.2, 0) is 4.79 Å². The van der Waals surface area contributed by atoms with Crippen molar-refractivity contribution in [3.8, 4) is 0 Å². The third-order valence-electron chi connectivity index (χ3n) is 6.41. The number of rotatable bonds is 0. The molecule has 3 aliphatic rings. The molecule has 3 fully saturated rings. The minimum atomic E-state index is 0.277. The van der Waals surface area contributed by atoms with Gasteiger partial charge in [-0.05, 0) is 32.7 Å². The highest BCUT2D eigenvalue weighted by Gasteiger charge is 2.52. The van der Waals surface area contributed by atoms with Crippen molar-refractivity contribution in [3.05, 3.63) is 0 Å². The molecule has 2 spiro atoms. The van der Waals surface area contributed by atoms with Crippen LogP contribution in [-0.4, -0.2) is 46.9 Å². The molecule has 1 heterocycles. The maximum absolute atomic E-state index is 12.1. The first-order valence-electron chi connectivity index (χ1n) is 8.58. The van der Waals surface area contributed by atoms with E-state index < -0.39 is 0 Å². The first-order chi connectivity index (χ1) is 9.58. The van der Waals surface area contributed by atoms with Crippen molar-refractivity contribution in [2.45, 2.75) is 82.2 Å². The predicted octanol–water partition coefficient (Wildman–Crippen LogP) is 3.19. The Hall–Kier alpha value is -0.570. The van der Waals surface area contributed by atoms with Crippen LogP contribution in [0.3, 0.4) is 0 Å². The fourth-order valence-corrected chi connectivity index (χ4v) is 5.11. The van der Waals surface area contributed by atoms with Gasteiger partial charge < -0.3 is 4.90 Å². The standard InChI is InChI=1S/C17H30N2O/c1-15(20)19-13-16(9-5-3-6-10-16)18(2)17(14-19)11-7-4-8-12-17/h3-14H2,1-2H3. The van der Waals surface area contributed by atoms with E-state index in [2.05, 4.69) is 16.8 Å². The van der Waals surface area contributed by atoms with Crippen LogP contribution in [0.1, 0.15) is 71.1 Å². The van der Waals surface area contributed by atoms with Gasteiger partial charge in [0, 0.05) is 31.1 Å². The quantitative estimate of drug-likeness (QED) is 0.679. The van der Waals surface area contributed by atoms with Gasteiger partial charge in [-0.3, -0.25) is 9.69 Å². The zero-order valence-corrected chi connectivity index (χ0v) is 13.3. The molecule has 114 valence electrons. The van der Waals surface area contributed by atoms with Gasteiger partial charge in [0.05, 0.1) is 0 Å². The van der Waals surface area contributed by atoms with Crippen LogP contribution in [0, 0.1) is 0 Å². The maximum atomic E-state index is 12.1. The minimum Gasteiger partial charge on any atom is -0.339 e. The Morgan fingerprint density at radius 1 is 0.800 bits per heavy atom. The fraction of sp³-hybridized carbons (Fsp3) is 0.941. The van der Waals surface area contributed by atoms with Gasteiger partial charge in [-0.1, -0.05) is 38.5 Å². The molecule has 0 aromatic rings. The number of hydrogen-bond acceptors (Lipinski definition) is 2. The van der Waals surface area contributed by atoms with Crippen LogP contribution in [0.2, 0.25) is 0 Å². The molecule has 0 unspecified atom stereocenters. The molecule has 0 aromatic heterocycles. The van der Waals surface area contributed by atoms with Gasteiger partial charge in [0.15, 0.2) is 0 Å². The van der Waals surface area contributed by atoms with E-state index >= 15 is 0 Å². The van der Waals surface area contributed by atoms with Crippen molar-refractivity contribution in [1.29, 1.82) is 0 Å². The molecule has 3 nitrogen and oxygen atoms in total. The first kappa shape index (κ1) is 14.4. The second kappa shape index (κ2) is 5.32. The van der Waals surface area contributed by atoms with Gasteiger partial charge >= 0.3 is 0 Å². The Bertz CT molecular complexity index is 339. The third-order valence-corrected chi connectivity index (χ3v) is 6.41. The lowest BCUT2D eigenvalue weighted by molar-refractivity contribution is -0.150. The molecule has 1 aliphatic heterocycles. The predicted molar refractivity (Wildman–Crippen MR) is 81.6 cm³/mol. The molecule has 0 radical (unpaired) electrons. The van der Waals surface area contributed by atoms with Gasteiger partial charge in [0.25, 0.3) is 0 Å². The SMILES string of the molecule is CC(=O)N1CC2(CCCCC2)N(C)C2(CCCCC2)C1. The highest BCUT2D eigenvalue weighted by Crippen LogP contribution is 2.46. The van der Waals surface area contributed by atoms with E-state index in [0.717, 1.165) is 13.1 Å². The van der Waals surface area contributed by atoms with Crippen molar-refractivity contribution < 1.29 is 4.79 Å². The van der Waals surface area contributed by atoms with Crippen molar-refractivity contribution >= 4 is 5.91 Å². The monoisotopic (exact) mass is 278 g/mol. The molecule has 2 aliphatic carbocycles.